The normalized spacial score (nSPS) is 10.6. The Morgan fingerprint density at radius 2 is 2.30 bits per heavy atom. The van der Waals surface area contributed by atoms with Crippen molar-refractivity contribution in [2.75, 3.05) is 12.3 Å². The van der Waals surface area contributed by atoms with Crippen molar-refractivity contribution < 1.29 is 9.18 Å². The first kappa shape index (κ1) is 14.3. The maximum absolute atomic E-state index is 13.6. The second-order valence-corrected chi connectivity index (χ2v) is 4.58. The Labute approximate surface area is 119 Å². The highest BCUT2D eigenvalue weighted by Gasteiger charge is 2.17. The number of nitrogens with one attached hydrogen (secondary N) is 2. The highest BCUT2D eigenvalue weighted by atomic mass is 35.5. The maximum atomic E-state index is 13.6. The van der Waals surface area contributed by atoms with Gasteiger partial charge in [0.25, 0.3) is 5.91 Å². The first-order valence-electron chi connectivity index (χ1n) is 5.88. The molecule has 0 bridgehead atoms. The minimum Gasteiger partial charge on any atom is -0.367 e. The molecule has 0 aliphatic heterocycles. The number of rotatable bonds is 4. The van der Waals surface area contributed by atoms with Gasteiger partial charge in [0.15, 0.2) is 0 Å². The van der Waals surface area contributed by atoms with Gasteiger partial charge in [0, 0.05) is 13.0 Å². The van der Waals surface area contributed by atoms with Gasteiger partial charge in [-0.1, -0.05) is 17.7 Å². The molecule has 0 radical (unpaired) electrons. The largest absolute Gasteiger partial charge is 0.367 e. The van der Waals surface area contributed by atoms with Gasteiger partial charge >= 0.3 is 0 Å². The number of aromatic amines is 1. The first-order chi connectivity index (χ1) is 9.49. The molecule has 0 saturated carbocycles. The highest BCUT2D eigenvalue weighted by Crippen LogP contribution is 2.23. The summed E-state index contributed by atoms with van der Waals surface area (Å²) in [5, 5.41) is 8.96. The van der Waals surface area contributed by atoms with Crippen LogP contribution in [-0.2, 0) is 6.42 Å². The molecular formula is C12H13ClFN5O. The molecule has 6 nitrogen and oxygen atoms in total. The summed E-state index contributed by atoms with van der Waals surface area (Å²) in [7, 11) is 0. The molecule has 1 aromatic carbocycles. The van der Waals surface area contributed by atoms with Crippen molar-refractivity contribution >= 4 is 23.5 Å². The number of hydrogen-bond acceptors (Lipinski definition) is 4. The van der Waals surface area contributed by atoms with E-state index in [0.29, 0.717) is 17.8 Å². The second-order valence-electron chi connectivity index (χ2n) is 4.20. The molecule has 0 aliphatic carbocycles. The zero-order valence-electron chi connectivity index (χ0n) is 10.7. The predicted molar refractivity (Wildman–Crippen MR) is 73.0 cm³/mol. The molecule has 20 heavy (non-hydrogen) atoms. The number of aryl methyl sites for hydroxylation is 1. The van der Waals surface area contributed by atoms with Gasteiger partial charge in [-0.3, -0.25) is 9.89 Å². The number of nitrogens with two attached hydrogens (primary N) is 1. The third-order valence-corrected chi connectivity index (χ3v) is 3.19. The average Bonchev–Trinajstić information content (AvgIpc) is 2.80. The topological polar surface area (TPSA) is 96.7 Å². The van der Waals surface area contributed by atoms with Gasteiger partial charge in [-0.25, -0.2) is 4.39 Å². The summed E-state index contributed by atoms with van der Waals surface area (Å²) in [6, 6.07) is 2.74. The van der Waals surface area contributed by atoms with E-state index >= 15 is 0 Å². The molecule has 1 heterocycles. The molecule has 0 unspecified atom stereocenters. The molecule has 1 aromatic heterocycles. The number of anilines is 1. The number of carbonyl (C=O) groups is 1. The lowest BCUT2D eigenvalue weighted by molar-refractivity contribution is 0.0950. The molecule has 106 valence electrons. The maximum Gasteiger partial charge on any atom is 0.255 e. The highest BCUT2D eigenvalue weighted by molar-refractivity contribution is 6.34. The van der Waals surface area contributed by atoms with Crippen LogP contribution in [0.4, 0.5) is 10.3 Å². The lowest BCUT2D eigenvalue weighted by Gasteiger charge is -2.08. The van der Waals surface area contributed by atoms with E-state index in [1.54, 1.807) is 6.92 Å². The van der Waals surface area contributed by atoms with E-state index in [9.17, 15) is 9.18 Å². The van der Waals surface area contributed by atoms with Crippen molar-refractivity contribution in [3.05, 3.63) is 39.9 Å². The first-order valence-corrected chi connectivity index (χ1v) is 6.26. The molecule has 0 atom stereocenters. The number of nitrogen functional groups attached to an aromatic ring is 1. The van der Waals surface area contributed by atoms with E-state index in [1.807, 2.05) is 0 Å². The van der Waals surface area contributed by atoms with E-state index in [1.165, 1.54) is 12.1 Å². The van der Waals surface area contributed by atoms with Crippen LogP contribution < -0.4 is 11.1 Å². The van der Waals surface area contributed by atoms with Crippen molar-refractivity contribution in [3.8, 4) is 0 Å². The molecule has 2 rings (SSSR count). The van der Waals surface area contributed by atoms with Crippen LogP contribution in [0.25, 0.3) is 0 Å². The third-order valence-electron chi connectivity index (χ3n) is 2.71. The number of H-pyrrole nitrogens is 1. The van der Waals surface area contributed by atoms with Crippen LogP contribution in [0.2, 0.25) is 5.02 Å². The molecule has 2 aromatic rings. The van der Waals surface area contributed by atoms with Crippen LogP contribution in [0.5, 0.6) is 0 Å². The van der Waals surface area contributed by atoms with Gasteiger partial charge in [-0.05, 0) is 18.6 Å². The van der Waals surface area contributed by atoms with Gasteiger partial charge in [0.2, 0.25) is 5.95 Å². The third kappa shape index (κ3) is 3.05. The van der Waals surface area contributed by atoms with Crippen LogP contribution in [-0.4, -0.2) is 27.6 Å². The Morgan fingerprint density at radius 3 is 2.95 bits per heavy atom. The van der Waals surface area contributed by atoms with E-state index in [2.05, 4.69) is 20.5 Å². The Balaban J connectivity index is 2.00. The molecule has 0 saturated heterocycles. The summed E-state index contributed by atoms with van der Waals surface area (Å²) in [6.45, 7) is 1.97. The molecule has 0 fully saturated rings. The van der Waals surface area contributed by atoms with Crippen molar-refractivity contribution in [2.24, 2.45) is 0 Å². The lowest BCUT2D eigenvalue weighted by atomic mass is 10.1. The van der Waals surface area contributed by atoms with Crippen molar-refractivity contribution in [3.63, 3.8) is 0 Å². The number of amides is 1. The fraction of sp³-hybridized carbons (Fsp3) is 0.250. The molecular weight excluding hydrogens is 285 g/mol. The van der Waals surface area contributed by atoms with Crippen LogP contribution in [0.15, 0.2) is 12.1 Å². The van der Waals surface area contributed by atoms with Gasteiger partial charge in [-0.15, -0.1) is 5.10 Å². The fourth-order valence-electron chi connectivity index (χ4n) is 1.67. The molecule has 1 amide bonds. The van der Waals surface area contributed by atoms with Crippen molar-refractivity contribution in [1.82, 2.24) is 20.5 Å². The Morgan fingerprint density at radius 1 is 1.55 bits per heavy atom. The molecule has 8 heteroatoms. The van der Waals surface area contributed by atoms with Crippen LogP contribution in [0.1, 0.15) is 21.7 Å². The minimum atomic E-state index is -0.651. The van der Waals surface area contributed by atoms with E-state index in [4.69, 9.17) is 17.3 Å². The lowest BCUT2D eigenvalue weighted by Crippen LogP contribution is -2.27. The minimum absolute atomic E-state index is 0.117. The zero-order valence-corrected chi connectivity index (χ0v) is 11.5. The molecule has 4 N–H and O–H groups in total. The Kier molecular flexibility index (Phi) is 4.19. The monoisotopic (exact) mass is 297 g/mol. The zero-order chi connectivity index (χ0) is 14.7. The van der Waals surface area contributed by atoms with E-state index in [0.717, 1.165) is 0 Å². The summed E-state index contributed by atoms with van der Waals surface area (Å²) in [5.41, 5.74) is 5.84. The number of benzene rings is 1. The summed E-state index contributed by atoms with van der Waals surface area (Å²) in [6.07, 6.45) is 0.404. The fourth-order valence-corrected chi connectivity index (χ4v) is 1.91. The summed E-state index contributed by atoms with van der Waals surface area (Å²) in [5.74, 6) is -0.539. The van der Waals surface area contributed by atoms with Crippen LogP contribution in [0.3, 0.4) is 0 Å². The Bertz CT molecular complexity index is 643. The standard InChI is InChI=1S/C12H13ClFN5O/c1-6-2-3-7(14)9(10(6)13)11(20)16-5-4-8-17-12(15)19-18-8/h2-3H,4-5H2,1H3,(H,16,20)(H3,15,17,18,19). The van der Waals surface area contributed by atoms with Gasteiger partial charge < -0.3 is 11.1 Å². The number of hydrogen-bond donors (Lipinski definition) is 3. The Hall–Kier alpha value is -2.15. The van der Waals surface area contributed by atoms with Crippen molar-refractivity contribution in [1.29, 1.82) is 0 Å². The second kappa shape index (κ2) is 5.87. The predicted octanol–water partition coefficient (Wildman–Crippen LogP) is 1.46. The molecule has 0 spiro atoms. The summed E-state index contributed by atoms with van der Waals surface area (Å²) in [4.78, 5) is 15.8. The number of aromatic nitrogens is 3. The number of halogens is 2. The number of nitrogens with zero attached hydrogens (tertiary/aromatic N) is 2. The van der Waals surface area contributed by atoms with Crippen molar-refractivity contribution in [2.45, 2.75) is 13.3 Å². The quantitative estimate of drug-likeness (QED) is 0.796. The smallest absolute Gasteiger partial charge is 0.255 e. The summed E-state index contributed by atoms with van der Waals surface area (Å²) >= 11 is 5.95. The van der Waals surface area contributed by atoms with E-state index in [-0.39, 0.29) is 23.1 Å². The van der Waals surface area contributed by atoms with Gasteiger partial charge in [0.1, 0.15) is 11.6 Å². The number of carbonyl (C=O) groups excluding carboxylic acids is 1. The van der Waals surface area contributed by atoms with Crippen LogP contribution >= 0.6 is 11.6 Å². The average molecular weight is 298 g/mol. The summed E-state index contributed by atoms with van der Waals surface area (Å²) < 4.78 is 13.6. The van der Waals surface area contributed by atoms with Gasteiger partial charge in [0.05, 0.1) is 10.6 Å². The van der Waals surface area contributed by atoms with E-state index < -0.39 is 11.7 Å². The molecule has 0 aliphatic rings. The van der Waals surface area contributed by atoms with Crippen LogP contribution in [0, 0.1) is 12.7 Å². The van der Waals surface area contributed by atoms with Gasteiger partial charge in [-0.2, -0.15) is 4.98 Å². The SMILES string of the molecule is Cc1ccc(F)c(C(=O)NCCc2nc(N)n[nH]2)c1Cl.